The van der Waals surface area contributed by atoms with Gasteiger partial charge in [0.25, 0.3) is 5.88 Å². The van der Waals surface area contributed by atoms with Crippen LogP contribution >= 0.6 is 0 Å². The van der Waals surface area contributed by atoms with Crippen LogP contribution in [0.5, 0.6) is 5.88 Å². The number of carbonyl (C=O) groups excluding carboxylic acids is 1. The first-order valence-corrected chi connectivity index (χ1v) is 8.86. The Balaban J connectivity index is 1.45. The van der Waals surface area contributed by atoms with Crippen LogP contribution in [0.25, 0.3) is 11.1 Å². The van der Waals surface area contributed by atoms with Crippen molar-refractivity contribution in [1.82, 2.24) is 9.97 Å². The summed E-state index contributed by atoms with van der Waals surface area (Å²) in [6.07, 6.45) is 6.35. The Morgan fingerprint density at radius 1 is 1.19 bits per heavy atom. The number of ether oxygens (including phenoxy) is 1. The van der Waals surface area contributed by atoms with Gasteiger partial charge in [-0.2, -0.15) is 4.98 Å². The number of nitrogens with one attached hydrogen (secondary N) is 2. The van der Waals surface area contributed by atoms with E-state index < -0.39 is 0 Å². The van der Waals surface area contributed by atoms with Gasteiger partial charge in [-0.25, -0.2) is 4.98 Å². The predicted octanol–water partition coefficient (Wildman–Crippen LogP) is 3.78. The molecule has 1 aliphatic heterocycles. The topological polar surface area (TPSA) is 89.3 Å². The SMILES string of the molecule is O=C1CCc2ccc(Nc3nc(OC4CCC4)c4occc4n3)cc2N1. The van der Waals surface area contributed by atoms with Gasteiger partial charge in [-0.3, -0.25) is 4.79 Å². The Kier molecular flexibility index (Phi) is 3.51. The maximum atomic E-state index is 11.6. The number of hydrogen-bond acceptors (Lipinski definition) is 6. The molecule has 2 aliphatic rings. The Morgan fingerprint density at radius 2 is 2.12 bits per heavy atom. The molecule has 0 spiro atoms. The number of amides is 1. The molecule has 132 valence electrons. The zero-order valence-electron chi connectivity index (χ0n) is 14.1. The first kappa shape index (κ1) is 15.2. The Hall–Kier alpha value is -3.09. The van der Waals surface area contributed by atoms with Crippen LogP contribution in [0, 0.1) is 0 Å². The highest BCUT2D eigenvalue weighted by Gasteiger charge is 2.23. The van der Waals surface area contributed by atoms with Gasteiger partial charge in [0.05, 0.1) is 6.26 Å². The molecule has 7 nitrogen and oxygen atoms in total. The van der Waals surface area contributed by atoms with Crippen molar-refractivity contribution in [3.8, 4) is 5.88 Å². The number of furan rings is 1. The lowest BCUT2D eigenvalue weighted by molar-refractivity contribution is -0.116. The van der Waals surface area contributed by atoms with Crippen LogP contribution in [0.4, 0.5) is 17.3 Å². The predicted molar refractivity (Wildman–Crippen MR) is 96.7 cm³/mol. The quantitative estimate of drug-likeness (QED) is 0.744. The van der Waals surface area contributed by atoms with E-state index in [1.54, 1.807) is 12.3 Å². The Morgan fingerprint density at radius 3 is 2.96 bits per heavy atom. The summed E-state index contributed by atoms with van der Waals surface area (Å²) in [6.45, 7) is 0. The van der Waals surface area contributed by atoms with Crippen molar-refractivity contribution in [1.29, 1.82) is 0 Å². The lowest BCUT2D eigenvalue weighted by Crippen LogP contribution is -2.25. The fourth-order valence-corrected chi connectivity index (χ4v) is 3.20. The highest BCUT2D eigenvalue weighted by molar-refractivity contribution is 5.94. The minimum Gasteiger partial charge on any atom is -0.472 e. The van der Waals surface area contributed by atoms with Crippen LogP contribution in [0.1, 0.15) is 31.2 Å². The zero-order valence-corrected chi connectivity index (χ0v) is 14.1. The minimum atomic E-state index is 0.0434. The molecular weight excluding hydrogens is 332 g/mol. The third kappa shape index (κ3) is 2.75. The molecule has 26 heavy (non-hydrogen) atoms. The van der Waals surface area contributed by atoms with E-state index in [9.17, 15) is 4.79 Å². The molecule has 2 N–H and O–H groups in total. The fraction of sp³-hybridized carbons (Fsp3) is 0.316. The van der Waals surface area contributed by atoms with Crippen LogP contribution in [0.2, 0.25) is 0 Å². The van der Waals surface area contributed by atoms with Gasteiger partial charge in [-0.1, -0.05) is 6.07 Å². The normalized spacial score (nSPS) is 16.7. The van der Waals surface area contributed by atoms with Gasteiger partial charge in [0.2, 0.25) is 17.4 Å². The molecule has 1 aromatic carbocycles. The highest BCUT2D eigenvalue weighted by Crippen LogP contribution is 2.32. The van der Waals surface area contributed by atoms with Crippen molar-refractivity contribution in [3.05, 3.63) is 36.1 Å². The average Bonchev–Trinajstić information content (AvgIpc) is 3.06. The maximum absolute atomic E-state index is 11.6. The second kappa shape index (κ2) is 6.01. The molecule has 5 rings (SSSR count). The van der Waals surface area contributed by atoms with Crippen LogP contribution in [-0.2, 0) is 11.2 Å². The molecule has 1 amide bonds. The minimum absolute atomic E-state index is 0.0434. The molecule has 0 unspecified atom stereocenters. The van der Waals surface area contributed by atoms with Crippen molar-refractivity contribution in [2.45, 2.75) is 38.2 Å². The van der Waals surface area contributed by atoms with E-state index >= 15 is 0 Å². The van der Waals surface area contributed by atoms with Gasteiger partial charge in [0.15, 0.2) is 0 Å². The van der Waals surface area contributed by atoms with Gasteiger partial charge in [0.1, 0.15) is 11.6 Å². The van der Waals surface area contributed by atoms with Gasteiger partial charge < -0.3 is 19.8 Å². The van der Waals surface area contributed by atoms with Crippen LogP contribution in [-0.4, -0.2) is 22.0 Å². The van der Waals surface area contributed by atoms with Crippen molar-refractivity contribution < 1.29 is 13.9 Å². The maximum Gasteiger partial charge on any atom is 0.263 e. The van der Waals surface area contributed by atoms with Crippen LogP contribution < -0.4 is 15.4 Å². The van der Waals surface area contributed by atoms with Gasteiger partial charge in [0, 0.05) is 23.9 Å². The van der Waals surface area contributed by atoms with E-state index in [4.69, 9.17) is 9.15 Å². The molecule has 0 saturated heterocycles. The molecule has 1 fully saturated rings. The number of carbonyl (C=O) groups is 1. The molecule has 0 bridgehead atoms. The largest absolute Gasteiger partial charge is 0.472 e. The van der Waals surface area contributed by atoms with E-state index in [2.05, 4.69) is 20.6 Å². The number of aromatic nitrogens is 2. The Bertz CT molecular complexity index is 994. The summed E-state index contributed by atoms with van der Waals surface area (Å²) in [7, 11) is 0. The Labute approximate surface area is 149 Å². The molecule has 1 saturated carbocycles. The second-order valence-electron chi connectivity index (χ2n) is 6.70. The summed E-state index contributed by atoms with van der Waals surface area (Å²) < 4.78 is 11.4. The number of benzene rings is 1. The lowest BCUT2D eigenvalue weighted by atomic mass is 9.96. The van der Waals surface area contributed by atoms with Gasteiger partial charge in [-0.05, 0) is 43.4 Å². The molecule has 0 radical (unpaired) electrons. The van der Waals surface area contributed by atoms with Crippen molar-refractivity contribution in [2.24, 2.45) is 0 Å². The number of anilines is 3. The number of aryl methyl sites for hydroxylation is 1. The third-order valence-electron chi connectivity index (χ3n) is 4.86. The fourth-order valence-electron chi connectivity index (χ4n) is 3.20. The number of hydrogen-bond donors (Lipinski definition) is 2. The van der Waals surface area contributed by atoms with Crippen molar-refractivity contribution in [3.63, 3.8) is 0 Å². The van der Waals surface area contributed by atoms with Crippen molar-refractivity contribution in [2.75, 3.05) is 10.6 Å². The monoisotopic (exact) mass is 350 g/mol. The molecule has 3 aromatic rings. The average molecular weight is 350 g/mol. The summed E-state index contributed by atoms with van der Waals surface area (Å²) in [5, 5.41) is 6.11. The standard InChI is InChI=1S/C19H18N4O3/c24-16-7-5-11-4-6-12(10-15(11)21-16)20-19-22-14-8-9-25-17(14)18(23-19)26-13-2-1-3-13/h4,6,8-10,13H,1-3,5,7H2,(H,21,24)(H,20,22,23). The number of nitrogens with zero attached hydrogens (tertiary/aromatic N) is 2. The summed E-state index contributed by atoms with van der Waals surface area (Å²) in [5.74, 6) is 0.954. The third-order valence-corrected chi connectivity index (χ3v) is 4.86. The number of rotatable bonds is 4. The van der Waals surface area contributed by atoms with Gasteiger partial charge in [-0.15, -0.1) is 0 Å². The summed E-state index contributed by atoms with van der Waals surface area (Å²) in [6, 6.07) is 7.68. The smallest absolute Gasteiger partial charge is 0.263 e. The molecule has 3 heterocycles. The highest BCUT2D eigenvalue weighted by atomic mass is 16.5. The number of fused-ring (bicyclic) bond motifs is 2. The summed E-state index contributed by atoms with van der Waals surface area (Å²) in [4.78, 5) is 20.6. The van der Waals surface area contributed by atoms with E-state index in [1.165, 1.54) is 6.42 Å². The first-order valence-electron chi connectivity index (χ1n) is 8.86. The van der Waals surface area contributed by atoms with E-state index in [-0.39, 0.29) is 12.0 Å². The molecule has 1 aliphatic carbocycles. The first-order chi connectivity index (χ1) is 12.7. The molecule has 7 heteroatoms. The van der Waals surface area contributed by atoms with Crippen LogP contribution in [0.3, 0.4) is 0 Å². The van der Waals surface area contributed by atoms with Gasteiger partial charge >= 0.3 is 0 Å². The molecule has 0 atom stereocenters. The van der Waals surface area contributed by atoms with E-state index in [1.807, 2.05) is 18.2 Å². The van der Waals surface area contributed by atoms with E-state index in [0.717, 1.165) is 36.2 Å². The molecular formula is C19H18N4O3. The lowest BCUT2D eigenvalue weighted by Gasteiger charge is -2.25. The zero-order chi connectivity index (χ0) is 17.5. The van der Waals surface area contributed by atoms with E-state index in [0.29, 0.717) is 29.3 Å². The molecule has 2 aromatic heterocycles. The summed E-state index contributed by atoms with van der Waals surface area (Å²) >= 11 is 0. The van der Waals surface area contributed by atoms with Crippen LogP contribution in [0.15, 0.2) is 34.9 Å². The van der Waals surface area contributed by atoms with Crippen molar-refractivity contribution >= 4 is 34.3 Å². The summed E-state index contributed by atoms with van der Waals surface area (Å²) in [5.41, 5.74) is 4.04. The second-order valence-corrected chi connectivity index (χ2v) is 6.70.